The van der Waals surface area contributed by atoms with E-state index in [1.54, 1.807) is 11.3 Å². The molecule has 15 heavy (non-hydrogen) atoms. The van der Waals surface area contributed by atoms with Gasteiger partial charge in [0.1, 0.15) is 0 Å². The molecular formula is C12H22N2S. The van der Waals surface area contributed by atoms with Crippen LogP contribution in [0.2, 0.25) is 0 Å². The lowest BCUT2D eigenvalue weighted by Gasteiger charge is -2.16. The Morgan fingerprint density at radius 1 is 1.47 bits per heavy atom. The third-order valence-corrected chi connectivity index (χ3v) is 3.51. The van der Waals surface area contributed by atoms with Crippen molar-refractivity contribution in [2.45, 2.75) is 46.6 Å². The Morgan fingerprint density at radius 3 is 2.67 bits per heavy atom. The molecule has 0 saturated heterocycles. The second kappa shape index (κ2) is 6.23. The van der Waals surface area contributed by atoms with Crippen molar-refractivity contribution in [3.8, 4) is 0 Å². The first-order valence-corrected chi connectivity index (χ1v) is 6.64. The maximum atomic E-state index is 4.52. The molecule has 0 amide bonds. The summed E-state index contributed by atoms with van der Waals surface area (Å²) in [4.78, 5) is 4.52. The number of thiazole rings is 1. The number of aryl methyl sites for hydroxylation is 1. The molecule has 1 aromatic heterocycles. The summed E-state index contributed by atoms with van der Waals surface area (Å²) in [5.41, 5.74) is 1.15. The maximum Gasteiger partial charge on any atom is 0.0931 e. The molecule has 1 heterocycles. The predicted molar refractivity (Wildman–Crippen MR) is 67.5 cm³/mol. The molecule has 0 spiro atoms. The second-order valence-electron chi connectivity index (χ2n) is 4.42. The van der Waals surface area contributed by atoms with Crippen molar-refractivity contribution in [2.75, 3.05) is 6.54 Å². The smallest absolute Gasteiger partial charge is 0.0931 e. The summed E-state index contributed by atoms with van der Waals surface area (Å²) < 4.78 is 0. The van der Waals surface area contributed by atoms with E-state index in [2.05, 4.69) is 43.4 Å². The van der Waals surface area contributed by atoms with Crippen molar-refractivity contribution in [2.24, 2.45) is 5.92 Å². The largest absolute Gasteiger partial charge is 0.314 e. The minimum absolute atomic E-state index is 0.581. The average molecular weight is 226 g/mol. The number of aromatic nitrogens is 1. The van der Waals surface area contributed by atoms with Gasteiger partial charge in [0.25, 0.3) is 0 Å². The van der Waals surface area contributed by atoms with Crippen LogP contribution in [0, 0.1) is 12.8 Å². The van der Waals surface area contributed by atoms with E-state index in [1.807, 2.05) is 0 Å². The minimum atomic E-state index is 0.581. The molecule has 2 nitrogen and oxygen atoms in total. The molecule has 0 aliphatic carbocycles. The third-order valence-electron chi connectivity index (χ3n) is 2.52. The first-order chi connectivity index (χ1) is 7.11. The fourth-order valence-corrected chi connectivity index (χ4v) is 2.39. The topological polar surface area (TPSA) is 24.9 Å². The minimum Gasteiger partial charge on any atom is -0.314 e. The highest BCUT2D eigenvalue weighted by atomic mass is 32.1. The van der Waals surface area contributed by atoms with E-state index in [4.69, 9.17) is 0 Å². The first kappa shape index (κ1) is 12.7. The van der Waals surface area contributed by atoms with E-state index in [9.17, 15) is 0 Å². The van der Waals surface area contributed by atoms with Crippen molar-refractivity contribution >= 4 is 11.3 Å². The lowest BCUT2D eigenvalue weighted by Crippen LogP contribution is -2.29. The van der Waals surface area contributed by atoms with Crippen molar-refractivity contribution in [3.05, 3.63) is 16.1 Å². The van der Waals surface area contributed by atoms with Gasteiger partial charge in [-0.25, -0.2) is 4.98 Å². The van der Waals surface area contributed by atoms with Crippen LogP contribution in [0.3, 0.4) is 0 Å². The van der Waals surface area contributed by atoms with Crippen LogP contribution in [0.1, 0.15) is 37.9 Å². The van der Waals surface area contributed by atoms with E-state index in [0.29, 0.717) is 6.04 Å². The zero-order valence-electron chi connectivity index (χ0n) is 10.2. The molecule has 1 unspecified atom stereocenters. The molecule has 0 aliphatic heterocycles. The van der Waals surface area contributed by atoms with Gasteiger partial charge >= 0.3 is 0 Å². The summed E-state index contributed by atoms with van der Waals surface area (Å²) in [7, 11) is 0. The highest BCUT2D eigenvalue weighted by molar-refractivity contribution is 7.09. The average Bonchev–Trinajstić information content (AvgIpc) is 2.58. The van der Waals surface area contributed by atoms with Gasteiger partial charge in [-0.3, -0.25) is 0 Å². The molecule has 0 aromatic carbocycles. The maximum absolute atomic E-state index is 4.52. The summed E-state index contributed by atoms with van der Waals surface area (Å²) in [6, 6.07) is 0.581. The second-order valence-corrected chi connectivity index (χ2v) is 5.37. The van der Waals surface area contributed by atoms with Gasteiger partial charge in [0.15, 0.2) is 0 Å². The molecule has 1 aromatic rings. The van der Waals surface area contributed by atoms with Gasteiger partial charge in [-0.1, -0.05) is 27.2 Å². The fraction of sp³-hybridized carbons (Fsp3) is 0.750. The van der Waals surface area contributed by atoms with E-state index in [1.165, 1.54) is 11.4 Å². The van der Waals surface area contributed by atoms with Crippen LogP contribution in [-0.2, 0) is 6.42 Å². The van der Waals surface area contributed by atoms with Crippen LogP contribution in [0.15, 0.2) is 5.38 Å². The molecule has 86 valence electrons. The summed E-state index contributed by atoms with van der Waals surface area (Å²) in [5, 5.41) is 6.92. The highest BCUT2D eigenvalue weighted by Crippen LogP contribution is 2.15. The zero-order valence-corrected chi connectivity index (χ0v) is 11.0. The summed E-state index contributed by atoms with van der Waals surface area (Å²) >= 11 is 1.79. The number of nitrogens with one attached hydrogen (secondary N) is 1. The molecule has 1 atom stereocenters. The van der Waals surface area contributed by atoms with Gasteiger partial charge in [-0.05, 0) is 19.4 Å². The van der Waals surface area contributed by atoms with Crippen LogP contribution in [-0.4, -0.2) is 17.6 Å². The normalized spacial score (nSPS) is 13.4. The monoisotopic (exact) mass is 226 g/mol. The Labute approximate surface area is 97.1 Å². The Bertz CT molecular complexity index is 281. The number of rotatable bonds is 6. The third kappa shape index (κ3) is 4.76. The molecule has 0 aliphatic rings. The molecule has 0 radical (unpaired) electrons. The lowest BCUT2D eigenvalue weighted by molar-refractivity contribution is 0.435. The summed E-state index contributed by atoms with van der Waals surface area (Å²) in [5.74, 6) is 0.720. The molecule has 0 saturated carbocycles. The molecule has 1 rings (SSSR count). The van der Waals surface area contributed by atoms with Crippen LogP contribution in [0.5, 0.6) is 0 Å². The van der Waals surface area contributed by atoms with Crippen molar-refractivity contribution in [1.82, 2.24) is 10.3 Å². The van der Waals surface area contributed by atoms with Crippen LogP contribution in [0.4, 0.5) is 0 Å². The Hall–Kier alpha value is -0.410. The van der Waals surface area contributed by atoms with E-state index >= 15 is 0 Å². The standard InChI is InChI=1S/C12H22N2S/c1-5-11(7-13-9(2)3)6-12-14-10(4)8-15-12/h8-9,11,13H,5-7H2,1-4H3. The number of nitrogens with zero attached hydrogens (tertiary/aromatic N) is 1. The highest BCUT2D eigenvalue weighted by Gasteiger charge is 2.10. The Balaban J connectivity index is 2.39. The number of hydrogen-bond acceptors (Lipinski definition) is 3. The van der Waals surface area contributed by atoms with Gasteiger partial charge < -0.3 is 5.32 Å². The van der Waals surface area contributed by atoms with Gasteiger partial charge in [0.2, 0.25) is 0 Å². The van der Waals surface area contributed by atoms with Crippen LogP contribution < -0.4 is 5.32 Å². The van der Waals surface area contributed by atoms with Crippen molar-refractivity contribution < 1.29 is 0 Å². The SMILES string of the molecule is CCC(CNC(C)C)Cc1nc(C)cs1. The zero-order chi connectivity index (χ0) is 11.3. The Kier molecular flexibility index (Phi) is 5.26. The molecule has 3 heteroatoms. The van der Waals surface area contributed by atoms with Crippen molar-refractivity contribution in [1.29, 1.82) is 0 Å². The fourth-order valence-electron chi connectivity index (χ4n) is 1.51. The first-order valence-electron chi connectivity index (χ1n) is 5.76. The van der Waals surface area contributed by atoms with Crippen LogP contribution in [0.25, 0.3) is 0 Å². The molecule has 0 bridgehead atoms. The molecule has 0 fully saturated rings. The quantitative estimate of drug-likeness (QED) is 0.806. The van der Waals surface area contributed by atoms with E-state index in [-0.39, 0.29) is 0 Å². The van der Waals surface area contributed by atoms with Gasteiger partial charge in [-0.2, -0.15) is 0 Å². The summed E-state index contributed by atoms with van der Waals surface area (Å²) in [6.07, 6.45) is 2.34. The van der Waals surface area contributed by atoms with Gasteiger partial charge in [-0.15, -0.1) is 11.3 Å². The Morgan fingerprint density at radius 2 is 2.20 bits per heavy atom. The molecular weight excluding hydrogens is 204 g/mol. The van der Waals surface area contributed by atoms with Crippen molar-refractivity contribution in [3.63, 3.8) is 0 Å². The number of hydrogen-bond donors (Lipinski definition) is 1. The van der Waals surface area contributed by atoms with Gasteiger partial charge in [0.05, 0.1) is 5.01 Å². The van der Waals surface area contributed by atoms with E-state index in [0.717, 1.165) is 24.6 Å². The lowest BCUT2D eigenvalue weighted by atomic mass is 10.0. The van der Waals surface area contributed by atoms with Crippen LogP contribution >= 0.6 is 11.3 Å². The molecule has 1 N–H and O–H groups in total. The van der Waals surface area contributed by atoms with Gasteiger partial charge in [0, 0.05) is 23.5 Å². The van der Waals surface area contributed by atoms with E-state index < -0.39 is 0 Å². The predicted octanol–water partition coefficient (Wildman–Crippen LogP) is 3.02. The summed E-state index contributed by atoms with van der Waals surface area (Å²) in [6.45, 7) is 9.81.